The van der Waals surface area contributed by atoms with Crippen LogP contribution < -0.4 is 4.74 Å². The summed E-state index contributed by atoms with van der Waals surface area (Å²) in [5.74, 6) is -1.89. The van der Waals surface area contributed by atoms with E-state index in [1.807, 2.05) is 37.3 Å². The topological polar surface area (TPSA) is 115 Å². The molecule has 3 aliphatic rings. The number of nitrogens with zero attached hydrogens (tertiary/aromatic N) is 2. The van der Waals surface area contributed by atoms with E-state index in [0.29, 0.717) is 40.1 Å². The molecule has 210 valence electrons. The van der Waals surface area contributed by atoms with Gasteiger partial charge < -0.3 is 19.3 Å². The molecule has 0 saturated carbocycles. The Labute approximate surface area is 246 Å². The van der Waals surface area contributed by atoms with Crippen LogP contribution in [0.25, 0.3) is 11.6 Å². The highest BCUT2D eigenvalue weighted by Crippen LogP contribution is 2.50. The standard InChI is InChI=1S/C30H31IN2O7/c1-4-17-14-19-26(29(36)33(28(19)35)30(37)39-3)20-15-40-23(25(17)20)9-8-18(22-7-5-6-10-32-22)11-16-12-21(31)27(34)24(13-16)38-2/h5-7,10-13,19-20,23,26,34H,4,8-9,14-15H2,1-3H3/b18-11-/t19-,20+,23-,26-/m1/s1. The molecule has 3 amide bonds. The summed E-state index contributed by atoms with van der Waals surface area (Å²) in [6.07, 6.45) is 5.14. The van der Waals surface area contributed by atoms with Crippen LogP contribution in [0.5, 0.6) is 11.5 Å². The highest BCUT2D eigenvalue weighted by molar-refractivity contribution is 14.1. The largest absolute Gasteiger partial charge is 0.504 e. The first kappa shape index (κ1) is 28.3. The van der Waals surface area contributed by atoms with Crippen molar-refractivity contribution in [1.82, 2.24) is 9.88 Å². The number of ether oxygens (including phenoxy) is 3. The van der Waals surface area contributed by atoms with Crippen LogP contribution in [0, 0.1) is 21.3 Å². The van der Waals surface area contributed by atoms with Crippen molar-refractivity contribution in [2.75, 3.05) is 20.8 Å². The number of hydrogen-bond acceptors (Lipinski definition) is 8. The van der Waals surface area contributed by atoms with Crippen molar-refractivity contribution in [2.45, 2.75) is 38.7 Å². The van der Waals surface area contributed by atoms with E-state index in [-0.39, 0.29) is 17.8 Å². The van der Waals surface area contributed by atoms with E-state index in [9.17, 15) is 19.5 Å². The van der Waals surface area contributed by atoms with E-state index in [1.54, 1.807) is 12.3 Å². The second kappa shape index (κ2) is 11.7. The summed E-state index contributed by atoms with van der Waals surface area (Å²) in [6.45, 7) is 2.38. The van der Waals surface area contributed by atoms with Crippen molar-refractivity contribution in [1.29, 1.82) is 0 Å². The van der Waals surface area contributed by atoms with Crippen LogP contribution in [-0.2, 0) is 19.1 Å². The molecule has 9 nitrogen and oxygen atoms in total. The Kier molecular flexibility index (Phi) is 8.27. The molecule has 0 bridgehead atoms. The molecule has 2 aliphatic heterocycles. The van der Waals surface area contributed by atoms with Crippen LogP contribution in [0.3, 0.4) is 0 Å². The summed E-state index contributed by atoms with van der Waals surface area (Å²) in [7, 11) is 2.69. The van der Waals surface area contributed by atoms with Crippen LogP contribution in [-0.4, -0.2) is 59.8 Å². The molecule has 10 heteroatoms. The van der Waals surface area contributed by atoms with Gasteiger partial charge in [-0.1, -0.05) is 18.6 Å². The number of carbonyl (C=O) groups excluding carboxylic acids is 3. The summed E-state index contributed by atoms with van der Waals surface area (Å²) in [6, 6.07) is 9.44. The fourth-order valence-corrected chi connectivity index (χ4v) is 6.86. The molecule has 3 heterocycles. The first-order chi connectivity index (χ1) is 19.3. The number of aromatic hydroxyl groups is 1. The number of benzene rings is 1. The van der Waals surface area contributed by atoms with E-state index in [4.69, 9.17) is 14.2 Å². The Morgan fingerprint density at radius 3 is 2.70 bits per heavy atom. The van der Waals surface area contributed by atoms with Gasteiger partial charge in [0.15, 0.2) is 11.5 Å². The maximum Gasteiger partial charge on any atom is 0.423 e. The molecule has 1 aromatic carbocycles. The van der Waals surface area contributed by atoms with Crippen molar-refractivity contribution >= 4 is 52.1 Å². The molecule has 40 heavy (non-hydrogen) atoms. The molecular formula is C30H31IN2O7. The number of pyridine rings is 1. The molecule has 1 N–H and O–H groups in total. The third-order valence-corrected chi connectivity index (χ3v) is 8.90. The van der Waals surface area contributed by atoms with Gasteiger partial charge in [0.25, 0.3) is 0 Å². The van der Waals surface area contributed by atoms with Gasteiger partial charge in [-0.3, -0.25) is 14.6 Å². The molecule has 0 radical (unpaired) electrons. The summed E-state index contributed by atoms with van der Waals surface area (Å²) < 4.78 is 17.0. The number of likely N-dealkylation sites (tertiary alicyclic amines) is 1. The second-order valence-electron chi connectivity index (χ2n) is 10.1. The average molecular weight is 658 g/mol. The Morgan fingerprint density at radius 1 is 1.23 bits per heavy atom. The van der Waals surface area contributed by atoms with Gasteiger partial charge in [0, 0.05) is 12.1 Å². The molecule has 2 saturated heterocycles. The van der Waals surface area contributed by atoms with Gasteiger partial charge in [0.05, 0.1) is 48.0 Å². The molecule has 2 fully saturated rings. The van der Waals surface area contributed by atoms with Gasteiger partial charge in [0.1, 0.15) is 0 Å². The van der Waals surface area contributed by atoms with E-state index in [1.165, 1.54) is 14.2 Å². The highest BCUT2D eigenvalue weighted by atomic mass is 127. The van der Waals surface area contributed by atoms with Gasteiger partial charge >= 0.3 is 6.09 Å². The average Bonchev–Trinajstić information content (AvgIpc) is 3.50. The van der Waals surface area contributed by atoms with Gasteiger partial charge in [-0.2, -0.15) is 4.90 Å². The maximum absolute atomic E-state index is 13.2. The van der Waals surface area contributed by atoms with Crippen molar-refractivity contribution in [3.8, 4) is 11.5 Å². The lowest BCUT2D eigenvalue weighted by Gasteiger charge is -2.31. The number of aromatic nitrogens is 1. The summed E-state index contributed by atoms with van der Waals surface area (Å²) in [4.78, 5) is 43.7. The number of rotatable bonds is 7. The van der Waals surface area contributed by atoms with Crippen molar-refractivity contribution in [3.05, 3.63) is 62.5 Å². The van der Waals surface area contributed by atoms with Crippen LogP contribution in [0.15, 0.2) is 47.7 Å². The first-order valence-electron chi connectivity index (χ1n) is 13.3. The van der Waals surface area contributed by atoms with Gasteiger partial charge in [-0.25, -0.2) is 4.79 Å². The molecule has 5 rings (SSSR count). The van der Waals surface area contributed by atoms with E-state index >= 15 is 0 Å². The summed E-state index contributed by atoms with van der Waals surface area (Å²) in [5, 5.41) is 10.3. The molecule has 1 aromatic heterocycles. The number of carbonyl (C=O) groups is 3. The molecule has 0 unspecified atom stereocenters. The normalized spacial score (nSPS) is 24.3. The molecule has 0 spiro atoms. The van der Waals surface area contributed by atoms with Crippen LogP contribution >= 0.6 is 22.6 Å². The van der Waals surface area contributed by atoms with Crippen LogP contribution in [0.4, 0.5) is 4.79 Å². The SMILES string of the molecule is CCC1=C2[C@@H](CC/C(=C/c3cc(I)c(O)c(OC)c3)c3ccccn3)OC[C@@H]2[C@@H]2C(=O)N(C(=O)OC)C(=O)[C@@H]2C1. The molecule has 1 aliphatic carbocycles. The van der Waals surface area contributed by atoms with Crippen LogP contribution in [0.2, 0.25) is 0 Å². The lowest BCUT2D eigenvalue weighted by molar-refractivity contribution is -0.137. The monoisotopic (exact) mass is 658 g/mol. The van der Waals surface area contributed by atoms with Crippen molar-refractivity contribution < 1.29 is 33.7 Å². The number of phenols is 1. The Balaban J connectivity index is 1.43. The molecule has 2 aromatic rings. The zero-order valence-corrected chi connectivity index (χ0v) is 24.7. The minimum Gasteiger partial charge on any atom is -0.504 e. The summed E-state index contributed by atoms with van der Waals surface area (Å²) in [5.41, 5.74) is 4.92. The summed E-state index contributed by atoms with van der Waals surface area (Å²) >= 11 is 2.08. The Morgan fingerprint density at radius 2 is 2.02 bits per heavy atom. The number of fused-ring (bicyclic) bond motifs is 3. The Bertz CT molecular complexity index is 1400. The van der Waals surface area contributed by atoms with Gasteiger partial charge in [0.2, 0.25) is 11.8 Å². The minimum absolute atomic E-state index is 0.102. The smallest absolute Gasteiger partial charge is 0.423 e. The number of halogens is 1. The number of methoxy groups -OCH3 is 2. The molecular weight excluding hydrogens is 627 g/mol. The lowest BCUT2D eigenvalue weighted by atomic mass is 9.69. The quantitative estimate of drug-likeness (QED) is 0.245. The maximum atomic E-state index is 13.2. The minimum atomic E-state index is -0.926. The second-order valence-corrected chi connectivity index (χ2v) is 11.3. The zero-order valence-electron chi connectivity index (χ0n) is 22.6. The lowest BCUT2D eigenvalue weighted by Crippen LogP contribution is -2.38. The predicted octanol–water partition coefficient (Wildman–Crippen LogP) is 5.21. The fourth-order valence-electron chi connectivity index (χ4n) is 6.23. The fraction of sp³-hybridized carbons (Fsp3) is 0.400. The predicted molar refractivity (Wildman–Crippen MR) is 155 cm³/mol. The Hall–Kier alpha value is -3.25. The number of hydrogen-bond donors (Lipinski definition) is 1. The number of amides is 3. The van der Waals surface area contributed by atoms with Crippen molar-refractivity contribution in [3.63, 3.8) is 0 Å². The number of imide groups is 3. The van der Waals surface area contributed by atoms with E-state index in [2.05, 4.69) is 27.6 Å². The zero-order chi connectivity index (χ0) is 28.6. The third-order valence-electron chi connectivity index (χ3n) is 8.07. The van der Waals surface area contributed by atoms with E-state index in [0.717, 1.165) is 34.4 Å². The molecule has 4 atom stereocenters. The van der Waals surface area contributed by atoms with Gasteiger partial charge in [-0.15, -0.1) is 0 Å². The van der Waals surface area contributed by atoms with Gasteiger partial charge in [-0.05, 0) is 95.3 Å². The number of phenolic OH excluding ortho intramolecular Hbond substituents is 1. The van der Waals surface area contributed by atoms with Crippen LogP contribution in [0.1, 0.15) is 43.9 Å². The first-order valence-corrected chi connectivity index (χ1v) is 14.3. The third kappa shape index (κ3) is 5.03. The number of allylic oxidation sites excluding steroid dienone is 2. The highest BCUT2D eigenvalue weighted by Gasteiger charge is 2.58. The van der Waals surface area contributed by atoms with E-state index < -0.39 is 29.7 Å². The van der Waals surface area contributed by atoms with Crippen molar-refractivity contribution in [2.24, 2.45) is 17.8 Å².